The zero-order valence-electron chi connectivity index (χ0n) is 17.0. The third kappa shape index (κ3) is 6.51. The highest BCUT2D eigenvalue weighted by Gasteiger charge is 2.28. The molecule has 3 N–H and O–H groups in total. The molecular weight excluding hydrogens is 371 g/mol. The second-order valence-corrected chi connectivity index (χ2v) is 7.46. The first-order valence-electron chi connectivity index (χ1n) is 10.0. The van der Waals surface area contributed by atoms with Gasteiger partial charge in [0.25, 0.3) is 0 Å². The Bertz CT molecular complexity index is 830. The lowest BCUT2D eigenvalue weighted by Gasteiger charge is -2.19. The van der Waals surface area contributed by atoms with Crippen LogP contribution >= 0.6 is 0 Å². The highest BCUT2D eigenvalue weighted by molar-refractivity contribution is 5.78. The van der Waals surface area contributed by atoms with Gasteiger partial charge in [0.1, 0.15) is 11.6 Å². The van der Waals surface area contributed by atoms with Crippen LogP contribution in [0.5, 0.6) is 0 Å². The predicted molar refractivity (Wildman–Crippen MR) is 111 cm³/mol. The van der Waals surface area contributed by atoms with Crippen LogP contribution in [0.25, 0.3) is 0 Å². The lowest BCUT2D eigenvalue weighted by atomic mass is 9.99. The number of pyridine rings is 1. The van der Waals surface area contributed by atoms with E-state index in [4.69, 9.17) is 4.74 Å². The van der Waals surface area contributed by atoms with Crippen molar-refractivity contribution in [2.45, 2.75) is 25.9 Å². The smallest absolute Gasteiger partial charge is 0.224 e. The number of nitrogens with one attached hydrogen (secondary N) is 3. The van der Waals surface area contributed by atoms with Crippen LogP contribution in [0.2, 0.25) is 0 Å². The second kappa shape index (κ2) is 10.3. The molecule has 1 saturated heterocycles. The quantitative estimate of drug-likeness (QED) is 0.562. The summed E-state index contributed by atoms with van der Waals surface area (Å²) >= 11 is 0. The van der Waals surface area contributed by atoms with Gasteiger partial charge in [0.2, 0.25) is 5.91 Å². The Kier molecular flexibility index (Phi) is 7.55. The van der Waals surface area contributed by atoms with E-state index in [2.05, 4.69) is 33.9 Å². The molecule has 1 aromatic heterocycles. The van der Waals surface area contributed by atoms with Crippen molar-refractivity contribution in [3.63, 3.8) is 0 Å². The Hall–Kier alpha value is -2.51. The number of anilines is 1. The molecule has 3 rings (SSSR count). The van der Waals surface area contributed by atoms with E-state index >= 15 is 0 Å². The van der Waals surface area contributed by atoms with Gasteiger partial charge in [-0.15, -0.1) is 0 Å². The van der Waals surface area contributed by atoms with Crippen LogP contribution in [0, 0.1) is 18.7 Å². The first kappa shape index (κ1) is 21.2. The largest absolute Gasteiger partial charge is 0.375 e. The molecule has 0 spiro atoms. The van der Waals surface area contributed by atoms with Crippen LogP contribution in [-0.2, 0) is 22.4 Å². The third-order valence-corrected chi connectivity index (χ3v) is 5.04. The van der Waals surface area contributed by atoms with Crippen molar-refractivity contribution in [1.82, 2.24) is 15.6 Å². The number of amides is 1. The number of rotatable bonds is 9. The maximum atomic E-state index is 13.2. The van der Waals surface area contributed by atoms with Gasteiger partial charge in [0.05, 0.1) is 19.1 Å². The monoisotopic (exact) mass is 400 g/mol. The van der Waals surface area contributed by atoms with Crippen LogP contribution < -0.4 is 16.0 Å². The predicted octanol–water partition coefficient (Wildman–Crippen LogP) is 2.08. The van der Waals surface area contributed by atoms with Gasteiger partial charge >= 0.3 is 0 Å². The van der Waals surface area contributed by atoms with Crippen LogP contribution in [0.1, 0.15) is 16.8 Å². The number of aryl methyl sites for hydroxylation is 1. The van der Waals surface area contributed by atoms with Gasteiger partial charge in [0.15, 0.2) is 0 Å². The SMILES string of the molecule is CNc1cc(C)cc(C[C@H]2CNC[C@H]2OCCNC(=O)Cc2cccc(F)c2)n1. The molecular formula is C22H29FN4O2. The number of ether oxygens (including phenoxy) is 1. The van der Waals surface area contributed by atoms with Crippen molar-refractivity contribution < 1.29 is 13.9 Å². The van der Waals surface area contributed by atoms with Crippen molar-refractivity contribution in [2.75, 3.05) is 38.6 Å². The number of hydrogen-bond donors (Lipinski definition) is 3. The summed E-state index contributed by atoms with van der Waals surface area (Å²) in [5.41, 5.74) is 2.90. The van der Waals surface area contributed by atoms with Gasteiger partial charge in [-0.3, -0.25) is 4.79 Å². The molecule has 2 aromatic rings. The fourth-order valence-electron chi connectivity index (χ4n) is 3.64. The number of benzene rings is 1. The van der Waals surface area contributed by atoms with Gasteiger partial charge in [-0.2, -0.15) is 0 Å². The molecule has 1 amide bonds. The van der Waals surface area contributed by atoms with E-state index in [1.54, 1.807) is 12.1 Å². The number of nitrogens with zero attached hydrogens (tertiary/aromatic N) is 1. The van der Waals surface area contributed by atoms with E-state index < -0.39 is 0 Å². The Balaban J connectivity index is 1.42. The zero-order chi connectivity index (χ0) is 20.6. The molecule has 156 valence electrons. The lowest BCUT2D eigenvalue weighted by molar-refractivity contribution is -0.120. The van der Waals surface area contributed by atoms with Crippen molar-refractivity contribution in [3.05, 3.63) is 59.0 Å². The van der Waals surface area contributed by atoms with Crippen molar-refractivity contribution in [2.24, 2.45) is 5.92 Å². The molecule has 0 unspecified atom stereocenters. The maximum absolute atomic E-state index is 13.2. The van der Waals surface area contributed by atoms with E-state index in [-0.39, 0.29) is 24.2 Å². The van der Waals surface area contributed by atoms with Crippen molar-refractivity contribution >= 4 is 11.7 Å². The molecule has 7 heteroatoms. The minimum atomic E-state index is -0.330. The van der Waals surface area contributed by atoms with Gasteiger partial charge in [-0.05, 0) is 48.7 Å². The summed E-state index contributed by atoms with van der Waals surface area (Å²) in [5, 5.41) is 9.31. The average Bonchev–Trinajstić information content (AvgIpc) is 3.11. The second-order valence-electron chi connectivity index (χ2n) is 7.46. The van der Waals surface area contributed by atoms with Crippen LogP contribution in [-0.4, -0.2) is 50.3 Å². The summed E-state index contributed by atoms with van der Waals surface area (Å²) in [5.74, 6) is 0.758. The van der Waals surface area contributed by atoms with Crippen molar-refractivity contribution in [3.8, 4) is 0 Å². The molecule has 1 aliphatic rings. The normalized spacial score (nSPS) is 18.6. The van der Waals surface area contributed by atoms with Crippen LogP contribution in [0.3, 0.4) is 0 Å². The number of hydrogen-bond acceptors (Lipinski definition) is 5. The average molecular weight is 400 g/mol. The highest BCUT2D eigenvalue weighted by Crippen LogP contribution is 2.19. The molecule has 2 atom stereocenters. The minimum absolute atomic E-state index is 0.0930. The van der Waals surface area contributed by atoms with E-state index in [1.807, 2.05) is 13.1 Å². The van der Waals surface area contributed by atoms with E-state index in [1.165, 1.54) is 17.7 Å². The Morgan fingerprint density at radius 3 is 2.97 bits per heavy atom. The molecule has 0 radical (unpaired) electrons. The Morgan fingerprint density at radius 1 is 1.31 bits per heavy atom. The summed E-state index contributed by atoms with van der Waals surface area (Å²) in [7, 11) is 1.87. The van der Waals surface area contributed by atoms with Crippen LogP contribution in [0.4, 0.5) is 10.2 Å². The van der Waals surface area contributed by atoms with Gasteiger partial charge in [0, 0.05) is 38.3 Å². The molecule has 0 aliphatic carbocycles. The molecule has 2 heterocycles. The Morgan fingerprint density at radius 2 is 2.17 bits per heavy atom. The van der Waals surface area contributed by atoms with Gasteiger partial charge in [-0.1, -0.05) is 12.1 Å². The topological polar surface area (TPSA) is 75.3 Å². The fraction of sp³-hybridized carbons (Fsp3) is 0.455. The van der Waals surface area contributed by atoms with E-state index in [0.29, 0.717) is 24.6 Å². The highest BCUT2D eigenvalue weighted by atomic mass is 19.1. The first-order valence-corrected chi connectivity index (χ1v) is 10.0. The number of halogens is 1. The summed E-state index contributed by atoms with van der Waals surface area (Å²) < 4.78 is 19.2. The summed E-state index contributed by atoms with van der Waals surface area (Å²) in [4.78, 5) is 16.6. The standard InChI is InChI=1S/C22H29FN4O2/c1-15-8-19(27-21(9-15)24-2)12-17-13-25-14-20(17)29-7-6-26-22(28)11-16-4-3-5-18(23)10-16/h3-5,8-10,17,20,25H,6-7,11-14H2,1-2H3,(H,24,27)(H,26,28)/t17-,20+/m0/s1. The summed E-state index contributed by atoms with van der Waals surface area (Å²) in [6.07, 6.45) is 1.11. The van der Waals surface area contributed by atoms with Gasteiger partial charge < -0.3 is 20.7 Å². The summed E-state index contributed by atoms with van der Waals surface area (Å²) in [6, 6.07) is 10.2. The molecule has 1 aromatic carbocycles. The van der Waals surface area contributed by atoms with Crippen molar-refractivity contribution in [1.29, 1.82) is 0 Å². The summed E-state index contributed by atoms with van der Waals surface area (Å²) in [6.45, 7) is 4.64. The third-order valence-electron chi connectivity index (χ3n) is 5.04. The molecule has 29 heavy (non-hydrogen) atoms. The molecule has 1 fully saturated rings. The molecule has 0 bridgehead atoms. The van der Waals surface area contributed by atoms with E-state index in [9.17, 15) is 9.18 Å². The van der Waals surface area contributed by atoms with Gasteiger partial charge in [-0.25, -0.2) is 9.37 Å². The first-order chi connectivity index (χ1) is 14.0. The number of carbonyl (C=O) groups excluding carboxylic acids is 1. The maximum Gasteiger partial charge on any atom is 0.224 e. The van der Waals surface area contributed by atoms with Crippen LogP contribution in [0.15, 0.2) is 36.4 Å². The Labute approximate surface area is 171 Å². The lowest BCUT2D eigenvalue weighted by Crippen LogP contribution is -2.32. The number of carbonyl (C=O) groups is 1. The number of aromatic nitrogens is 1. The minimum Gasteiger partial charge on any atom is -0.375 e. The fourth-order valence-corrected chi connectivity index (χ4v) is 3.64. The van der Waals surface area contributed by atoms with E-state index in [0.717, 1.165) is 31.0 Å². The molecule has 1 aliphatic heterocycles. The molecule has 0 saturated carbocycles. The molecule has 6 nitrogen and oxygen atoms in total. The zero-order valence-corrected chi connectivity index (χ0v) is 17.0.